The predicted octanol–water partition coefficient (Wildman–Crippen LogP) is 4.30. The van der Waals surface area contributed by atoms with Gasteiger partial charge in [-0.1, -0.05) is 20.8 Å². The number of carbonyl (C=O) groups is 1. The third kappa shape index (κ3) is 5.68. The third-order valence-corrected chi connectivity index (χ3v) is 9.02. The molecule has 0 aliphatic rings. The number of hydrogen-bond donors (Lipinski definition) is 0. The molecule has 0 aromatic carbocycles. The van der Waals surface area contributed by atoms with Crippen LogP contribution >= 0.6 is 0 Å². The Bertz CT molecular complexity index is 396. The van der Waals surface area contributed by atoms with Gasteiger partial charge in [0, 0.05) is 12.5 Å². The van der Waals surface area contributed by atoms with Crippen LogP contribution in [0.5, 0.6) is 0 Å². The van der Waals surface area contributed by atoms with E-state index in [1.807, 2.05) is 13.8 Å². The number of rotatable bonds is 9. The second kappa shape index (κ2) is 9.06. The average Bonchev–Trinajstić information content (AvgIpc) is 2.45. The van der Waals surface area contributed by atoms with Gasteiger partial charge in [-0.25, -0.2) is 4.79 Å². The lowest BCUT2D eigenvalue weighted by Crippen LogP contribution is -2.46. The van der Waals surface area contributed by atoms with Crippen molar-refractivity contribution in [2.75, 3.05) is 6.61 Å². The molecule has 120 valence electrons. The van der Waals surface area contributed by atoms with Crippen LogP contribution in [-0.4, -0.2) is 26.5 Å². The summed E-state index contributed by atoms with van der Waals surface area (Å²) in [4.78, 5) is 11.7. The minimum absolute atomic E-state index is 0.335. The van der Waals surface area contributed by atoms with Gasteiger partial charge in [0.2, 0.25) is 0 Å². The van der Waals surface area contributed by atoms with Gasteiger partial charge in [0.1, 0.15) is 0 Å². The van der Waals surface area contributed by atoms with E-state index in [1.165, 1.54) is 6.08 Å². The number of ether oxygens (including phenoxy) is 1. The van der Waals surface area contributed by atoms with Crippen molar-refractivity contribution in [2.24, 2.45) is 0 Å². The Labute approximate surface area is 131 Å². The van der Waals surface area contributed by atoms with Crippen LogP contribution in [0.3, 0.4) is 0 Å². The first-order valence-electron chi connectivity index (χ1n) is 7.82. The van der Waals surface area contributed by atoms with Gasteiger partial charge in [0.25, 0.3) is 0 Å². The Kier molecular flexibility index (Phi) is 8.61. The maximum atomic E-state index is 11.7. The normalized spacial score (nSPS) is 15.2. The summed E-state index contributed by atoms with van der Waals surface area (Å²) in [5.41, 5.74) is 0.251. The maximum absolute atomic E-state index is 11.7. The molecule has 0 aliphatic heterocycles. The summed E-state index contributed by atoms with van der Waals surface area (Å²) >= 11 is 0. The summed E-state index contributed by atoms with van der Waals surface area (Å²) in [6.45, 7) is 12.6. The zero-order valence-electron chi connectivity index (χ0n) is 14.4. The van der Waals surface area contributed by atoms with E-state index < -0.39 is 13.9 Å². The molecular weight excluding hydrogens is 280 g/mol. The summed E-state index contributed by atoms with van der Waals surface area (Å²) in [6, 6.07) is 3.15. The molecule has 0 radical (unpaired) electrons. The Morgan fingerprint density at radius 2 is 1.76 bits per heavy atom. The van der Waals surface area contributed by atoms with Gasteiger partial charge in [-0.2, -0.15) is 0 Å². The molecule has 0 saturated carbocycles. The minimum Gasteiger partial charge on any atom is -0.463 e. The lowest BCUT2D eigenvalue weighted by Gasteiger charge is -2.40. The molecule has 0 aliphatic carbocycles. The van der Waals surface area contributed by atoms with Crippen molar-refractivity contribution >= 4 is 14.3 Å². The van der Waals surface area contributed by atoms with Gasteiger partial charge >= 0.3 is 5.97 Å². The molecule has 3 nitrogen and oxygen atoms in total. The smallest absolute Gasteiger partial charge is 0.330 e. The SMILES string of the molecule is C#CC[C@](C)(O[Si](CC)(CC)CC)/C(C)=C/C(=O)OCC. The highest BCUT2D eigenvalue weighted by Gasteiger charge is 2.38. The van der Waals surface area contributed by atoms with Crippen molar-refractivity contribution in [2.45, 2.75) is 71.7 Å². The molecule has 0 aromatic heterocycles. The zero-order valence-corrected chi connectivity index (χ0v) is 15.4. The molecule has 21 heavy (non-hydrogen) atoms. The van der Waals surface area contributed by atoms with Gasteiger partial charge in [0.05, 0.1) is 12.2 Å². The van der Waals surface area contributed by atoms with Gasteiger partial charge in [0.15, 0.2) is 8.32 Å². The zero-order chi connectivity index (χ0) is 16.5. The standard InChI is InChI=1S/C17H30O3Si/c1-8-13-17(7,15(6)14-16(18)19-9-2)20-21(10-3,11-4)12-5/h1,14H,9-13H2,2-7H3/b15-14+/t17-/m0/s1. The molecule has 0 saturated heterocycles. The second-order valence-corrected chi connectivity index (χ2v) is 10.2. The Morgan fingerprint density at radius 1 is 1.24 bits per heavy atom. The van der Waals surface area contributed by atoms with E-state index in [0.717, 1.165) is 23.7 Å². The minimum atomic E-state index is -1.81. The summed E-state index contributed by atoms with van der Waals surface area (Å²) in [7, 11) is -1.81. The molecule has 0 unspecified atom stereocenters. The Morgan fingerprint density at radius 3 is 2.14 bits per heavy atom. The van der Waals surface area contributed by atoms with Crippen LogP contribution in [0, 0.1) is 12.3 Å². The van der Waals surface area contributed by atoms with E-state index in [2.05, 4.69) is 26.7 Å². The fraction of sp³-hybridized carbons (Fsp3) is 0.706. The number of carbonyl (C=O) groups excluding carboxylic acids is 1. The highest BCUT2D eigenvalue weighted by atomic mass is 28.4. The van der Waals surface area contributed by atoms with Crippen LogP contribution in [0.25, 0.3) is 0 Å². The molecule has 0 rings (SSSR count). The summed E-state index contributed by atoms with van der Waals surface area (Å²) in [5, 5.41) is 0. The van der Waals surface area contributed by atoms with Gasteiger partial charge in [-0.05, 0) is 44.5 Å². The first kappa shape index (κ1) is 19.9. The van der Waals surface area contributed by atoms with Crippen molar-refractivity contribution in [1.82, 2.24) is 0 Å². The Balaban J connectivity index is 5.42. The van der Waals surface area contributed by atoms with Crippen molar-refractivity contribution < 1.29 is 14.0 Å². The molecule has 0 amide bonds. The summed E-state index contributed by atoms with van der Waals surface area (Å²) in [6.07, 6.45) is 7.50. The van der Waals surface area contributed by atoms with E-state index in [1.54, 1.807) is 6.92 Å². The van der Waals surface area contributed by atoms with E-state index in [0.29, 0.717) is 13.0 Å². The quantitative estimate of drug-likeness (QED) is 0.276. The van der Waals surface area contributed by atoms with Crippen molar-refractivity contribution in [3.8, 4) is 12.3 Å². The number of hydrogen-bond acceptors (Lipinski definition) is 3. The third-order valence-electron chi connectivity index (χ3n) is 4.27. The van der Waals surface area contributed by atoms with Crippen LogP contribution in [0.15, 0.2) is 11.6 Å². The number of terminal acetylenes is 1. The van der Waals surface area contributed by atoms with Crippen LogP contribution in [0.2, 0.25) is 18.1 Å². The van der Waals surface area contributed by atoms with Crippen LogP contribution < -0.4 is 0 Å². The lowest BCUT2D eigenvalue weighted by molar-refractivity contribution is -0.137. The molecule has 4 heteroatoms. The average molecular weight is 311 g/mol. The van der Waals surface area contributed by atoms with Crippen molar-refractivity contribution in [3.05, 3.63) is 11.6 Å². The van der Waals surface area contributed by atoms with Gasteiger partial charge in [-0.3, -0.25) is 0 Å². The van der Waals surface area contributed by atoms with Crippen molar-refractivity contribution in [1.29, 1.82) is 0 Å². The van der Waals surface area contributed by atoms with Crippen LogP contribution in [0.4, 0.5) is 0 Å². The molecule has 0 spiro atoms. The maximum Gasteiger partial charge on any atom is 0.330 e. The van der Waals surface area contributed by atoms with E-state index in [9.17, 15) is 4.79 Å². The van der Waals surface area contributed by atoms with Crippen LogP contribution in [0.1, 0.15) is 48.0 Å². The summed E-state index contributed by atoms with van der Waals surface area (Å²) < 4.78 is 11.6. The molecule has 0 bridgehead atoms. The molecule has 0 aromatic rings. The monoisotopic (exact) mass is 310 g/mol. The molecule has 0 fully saturated rings. The van der Waals surface area contributed by atoms with E-state index in [-0.39, 0.29) is 5.97 Å². The number of esters is 1. The first-order chi connectivity index (χ1) is 9.82. The molecule has 0 heterocycles. The lowest BCUT2D eigenvalue weighted by atomic mass is 9.93. The van der Waals surface area contributed by atoms with Gasteiger partial charge < -0.3 is 9.16 Å². The first-order valence-corrected chi connectivity index (χ1v) is 10.3. The Hall–Kier alpha value is -1.05. The highest BCUT2D eigenvalue weighted by Crippen LogP contribution is 2.34. The molecule has 1 atom stereocenters. The van der Waals surface area contributed by atoms with Crippen molar-refractivity contribution in [3.63, 3.8) is 0 Å². The topological polar surface area (TPSA) is 35.5 Å². The van der Waals surface area contributed by atoms with Crippen LogP contribution in [-0.2, 0) is 14.0 Å². The largest absolute Gasteiger partial charge is 0.463 e. The van der Waals surface area contributed by atoms with E-state index in [4.69, 9.17) is 15.6 Å². The predicted molar refractivity (Wildman–Crippen MR) is 90.5 cm³/mol. The van der Waals surface area contributed by atoms with E-state index >= 15 is 0 Å². The highest BCUT2D eigenvalue weighted by molar-refractivity contribution is 6.73. The second-order valence-electron chi connectivity index (χ2n) is 5.54. The van der Waals surface area contributed by atoms with Gasteiger partial charge in [-0.15, -0.1) is 12.3 Å². The molecular formula is C17H30O3Si. The molecule has 0 N–H and O–H groups in total. The fourth-order valence-corrected chi connectivity index (χ4v) is 5.53. The fourth-order valence-electron chi connectivity index (χ4n) is 2.41. The summed E-state index contributed by atoms with van der Waals surface area (Å²) in [5.74, 6) is 2.36.